The van der Waals surface area contributed by atoms with Crippen LogP contribution in [0.5, 0.6) is 0 Å². The van der Waals surface area contributed by atoms with E-state index in [-0.39, 0.29) is 17.7 Å². The van der Waals surface area contributed by atoms with Gasteiger partial charge in [-0.15, -0.1) is 0 Å². The van der Waals surface area contributed by atoms with Crippen molar-refractivity contribution in [2.75, 3.05) is 53.6 Å². The number of aliphatic hydroxyl groups is 2. The van der Waals surface area contributed by atoms with Gasteiger partial charge >= 0.3 is 0 Å². The number of nitrogens with one attached hydrogen (secondary N) is 2. The number of rotatable bonds is 14. The van der Waals surface area contributed by atoms with Gasteiger partial charge in [0.15, 0.2) is 0 Å². The summed E-state index contributed by atoms with van der Waals surface area (Å²) in [7, 11) is 3.36. The first-order chi connectivity index (χ1) is 23.3. The van der Waals surface area contributed by atoms with Gasteiger partial charge in [0.25, 0.3) is 6.01 Å². The Hall–Kier alpha value is -2.86. The third-order valence-corrected chi connectivity index (χ3v) is 10.2. The number of hydrogen-bond donors (Lipinski definition) is 4. The summed E-state index contributed by atoms with van der Waals surface area (Å²) in [6, 6.07) is 11.0. The predicted molar refractivity (Wildman–Crippen MR) is 183 cm³/mol. The molecule has 4 heterocycles. The van der Waals surface area contributed by atoms with Crippen LogP contribution in [0.4, 0.5) is 8.78 Å². The number of unbranched alkanes of at least 4 members (excludes halogenated alkanes) is 2. The highest BCUT2D eigenvalue weighted by Gasteiger charge is 2.42. The summed E-state index contributed by atoms with van der Waals surface area (Å²) in [6.07, 6.45) is 10.1. The Bertz CT molecular complexity index is 1560. The van der Waals surface area contributed by atoms with E-state index in [1.54, 1.807) is 26.5 Å². The van der Waals surface area contributed by atoms with E-state index in [0.29, 0.717) is 59.1 Å². The van der Waals surface area contributed by atoms with Crippen LogP contribution in [0.3, 0.4) is 0 Å². The van der Waals surface area contributed by atoms with Crippen molar-refractivity contribution in [2.24, 2.45) is 11.8 Å². The molecule has 0 aliphatic carbocycles. The van der Waals surface area contributed by atoms with Crippen LogP contribution in [0.15, 0.2) is 57.6 Å². The molecule has 264 valence electrons. The lowest BCUT2D eigenvalue weighted by Gasteiger charge is -2.39. The Labute approximate surface area is 282 Å². The molecule has 0 bridgehead atoms. The molecule has 0 radical (unpaired) electrons. The molecule has 0 amide bonds. The largest absolute Gasteiger partial charge is 0.464 e. The number of halogens is 2. The summed E-state index contributed by atoms with van der Waals surface area (Å²) in [5.41, 5.74) is 0.222. The highest BCUT2D eigenvalue weighted by molar-refractivity contribution is 5.82. The monoisotopic (exact) mass is 670 g/mol. The van der Waals surface area contributed by atoms with Crippen LogP contribution < -0.4 is 10.6 Å². The van der Waals surface area contributed by atoms with Crippen molar-refractivity contribution in [2.45, 2.75) is 75.4 Å². The first-order valence-corrected chi connectivity index (χ1v) is 17.5. The fourth-order valence-electron chi connectivity index (χ4n) is 7.66. The van der Waals surface area contributed by atoms with Crippen molar-refractivity contribution in [3.05, 3.63) is 71.7 Å². The first kappa shape index (κ1) is 36.4. The van der Waals surface area contributed by atoms with E-state index in [1.807, 2.05) is 18.2 Å². The van der Waals surface area contributed by atoms with Gasteiger partial charge in [0.1, 0.15) is 17.0 Å². The van der Waals surface area contributed by atoms with Crippen molar-refractivity contribution in [1.82, 2.24) is 10.6 Å². The molecule has 48 heavy (non-hydrogen) atoms. The molecular weight excluding hydrogens is 618 g/mol. The van der Waals surface area contributed by atoms with E-state index >= 15 is 0 Å². The zero-order valence-electron chi connectivity index (χ0n) is 28.4. The predicted octanol–water partition coefficient (Wildman–Crippen LogP) is 7.15. The topological polar surface area (TPSA) is 109 Å². The fraction of sp³-hybridized carbons (Fsp3) is 0.579. The first-order valence-electron chi connectivity index (χ1n) is 17.5. The molecule has 0 unspecified atom stereocenters. The van der Waals surface area contributed by atoms with Gasteiger partial charge in [0, 0.05) is 80.3 Å². The van der Waals surface area contributed by atoms with E-state index in [1.165, 1.54) is 18.2 Å². The highest BCUT2D eigenvalue weighted by Crippen LogP contribution is 2.43. The number of para-hydroxylation sites is 1. The van der Waals surface area contributed by atoms with Gasteiger partial charge in [-0.05, 0) is 95.5 Å². The maximum absolute atomic E-state index is 14.1. The van der Waals surface area contributed by atoms with Gasteiger partial charge in [-0.3, -0.25) is 0 Å². The highest BCUT2D eigenvalue weighted by atomic mass is 19.1. The zero-order chi connectivity index (χ0) is 34.0. The van der Waals surface area contributed by atoms with Gasteiger partial charge in [0.2, 0.25) is 0 Å². The smallest absolute Gasteiger partial charge is 0.278 e. The number of ether oxygens (including phenoxy) is 2. The molecule has 4 aromatic rings. The van der Waals surface area contributed by atoms with Gasteiger partial charge in [-0.1, -0.05) is 18.2 Å². The standard InChI is InChI=1S/2C19H26FNO3/c1-23-11-3-2-9-19(22,15-7-5-10-21-13-15)16-8-4-6-14-12-17(20)24-18(14)16;1-23-9-3-2-7-19(22,15-5-4-8-21-13-15)17-12-16(20)11-14-6-10-24-18(14)17/h4,6,8,12,15,21-22H,2-3,5,7,9-11,13H2,1H3;6,10-12,15,21-22H,2-5,7-9,13H2,1H3/t2*15-,19+/m11/s1. The van der Waals surface area contributed by atoms with Gasteiger partial charge in [-0.2, -0.15) is 4.39 Å². The summed E-state index contributed by atoms with van der Waals surface area (Å²) in [4.78, 5) is 0. The quantitative estimate of drug-likeness (QED) is 0.105. The molecule has 2 saturated heterocycles. The van der Waals surface area contributed by atoms with Crippen molar-refractivity contribution in [3.8, 4) is 0 Å². The molecular formula is C38H52F2N2O6. The average molecular weight is 671 g/mol. The number of hydrogen-bond acceptors (Lipinski definition) is 8. The molecule has 2 aliphatic heterocycles. The number of methoxy groups -OCH3 is 2. The summed E-state index contributed by atoms with van der Waals surface area (Å²) in [6.45, 7) is 4.79. The Morgan fingerprint density at radius 1 is 0.771 bits per heavy atom. The molecule has 4 N–H and O–H groups in total. The molecule has 0 spiro atoms. The molecule has 2 aliphatic rings. The second-order valence-electron chi connectivity index (χ2n) is 13.4. The lowest BCUT2D eigenvalue weighted by molar-refractivity contribution is -0.0432. The molecule has 2 fully saturated rings. The minimum absolute atomic E-state index is 0.0453. The molecule has 2 aromatic heterocycles. The van der Waals surface area contributed by atoms with E-state index in [0.717, 1.165) is 77.5 Å². The molecule has 6 rings (SSSR count). The van der Waals surface area contributed by atoms with Gasteiger partial charge in [-0.25, -0.2) is 4.39 Å². The van der Waals surface area contributed by atoms with E-state index < -0.39 is 17.2 Å². The molecule has 8 nitrogen and oxygen atoms in total. The third-order valence-electron chi connectivity index (χ3n) is 10.2. The minimum atomic E-state index is -1.10. The maximum Gasteiger partial charge on any atom is 0.278 e. The summed E-state index contributed by atoms with van der Waals surface area (Å²) in [5, 5.41) is 31.4. The van der Waals surface area contributed by atoms with Crippen LogP contribution in [0, 0.1) is 23.7 Å². The Kier molecular flexibility index (Phi) is 13.0. The Balaban J connectivity index is 0.000000188. The van der Waals surface area contributed by atoms with Crippen LogP contribution in [0.1, 0.15) is 75.3 Å². The normalized spacial score (nSPS) is 21.0. The second kappa shape index (κ2) is 17.2. The van der Waals surface area contributed by atoms with Crippen molar-refractivity contribution in [1.29, 1.82) is 0 Å². The maximum atomic E-state index is 14.1. The number of benzene rings is 2. The number of furan rings is 2. The van der Waals surface area contributed by atoms with Crippen LogP contribution in [-0.4, -0.2) is 63.8 Å². The van der Waals surface area contributed by atoms with Crippen LogP contribution in [-0.2, 0) is 20.7 Å². The van der Waals surface area contributed by atoms with E-state index in [4.69, 9.17) is 18.3 Å². The number of fused-ring (bicyclic) bond motifs is 2. The zero-order valence-corrected chi connectivity index (χ0v) is 28.4. The Morgan fingerprint density at radius 3 is 1.96 bits per heavy atom. The minimum Gasteiger partial charge on any atom is -0.464 e. The molecule has 0 saturated carbocycles. The van der Waals surface area contributed by atoms with Crippen LogP contribution in [0.2, 0.25) is 0 Å². The van der Waals surface area contributed by atoms with Crippen LogP contribution >= 0.6 is 0 Å². The molecule has 4 atom stereocenters. The summed E-state index contributed by atoms with van der Waals surface area (Å²) in [5.74, 6) is -0.200. The van der Waals surface area contributed by atoms with E-state index in [2.05, 4.69) is 10.6 Å². The lowest BCUT2D eigenvalue weighted by Crippen LogP contribution is -2.44. The second-order valence-corrected chi connectivity index (χ2v) is 13.4. The summed E-state index contributed by atoms with van der Waals surface area (Å²) >= 11 is 0. The lowest BCUT2D eigenvalue weighted by atomic mass is 9.74. The van der Waals surface area contributed by atoms with E-state index in [9.17, 15) is 19.0 Å². The van der Waals surface area contributed by atoms with Gasteiger partial charge < -0.3 is 39.2 Å². The summed E-state index contributed by atoms with van der Waals surface area (Å²) < 4.78 is 48.9. The number of piperidine rings is 2. The average Bonchev–Trinajstić information content (AvgIpc) is 3.74. The molecule has 10 heteroatoms. The van der Waals surface area contributed by atoms with Crippen LogP contribution in [0.25, 0.3) is 21.9 Å². The molecule has 2 aromatic carbocycles. The fourth-order valence-corrected chi connectivity index (χ4v) is 7.66. The SMILES string of the molecule is COCCCC[C@@](O)(c1cc(F)cc2ccoc12)[C@@H]1CCCNC1.COCCCC[C@@](O)(c1cccc2cc(F)oc12)[C@@H]1CCCNC1. The third kappa shape index (κ3) is 8.46. The Morgan fingerprint density at radius 2 is 1.38 bits per heavy atom. The van der Waals surface area contributed by atoms with Crippen molar-refractivity contribution in [3.63, 3.8) is 0 Å². The van der Waals surface area contributed by atoms with Crippen molar-refractivity contribution < 1.29 is 37.3 Å². The van der Waals surface area contributed by atoms with Crippen molar-refractivity contribution >= 4 is 21.9 Å². The van der Waals surface area contributed by atoms with Gasteiger partial charge in [0.05, 0.1) is 17.5 Å².